The molecule has 0 radical (unpaired) electrons. The third-order valence-electron chi connectivity index (χ3n) is 3.37. The van der Waals surface area contributed by atoms with Gasteiger partial charge in [-0.1, -0.05) is 59.2 Å². The molecule has 118 valence electrons. The van der Waals surface area contributed by atoms with E-state index in [4.69, 9.17) is 23.2 Å². The number of aromatic nitrogens is 3. The van der Waals surface area contributed by atoms with Crippen molar-refractivity contribution in [3.63, 3.8) is 0 Å². The summed E-state index contributed by atoms with van der Waals surface area (Å²) < 4.78 is 2.10. The topological polar surface area (TPSA) is 30.7 Å². The second-order valence-corrected chi connectivity index (χ2v) is 6.79. The van der Waals surface area contributed by atoms with Crippen LogP contribution in [0.25, 0.3) is 11.4 Å². The fraction of sp³-hybridized carbons (Fsp3) is 0.176. The van der Waals surface area contributed by atoms with Crippen LogP contribution < -0.4 is 0 Å². The fourth-order valence-corrected chi connectivity index (χ4v) is 3.64. The summed E-state index contributed by atoms with van der Waals surface area (Å²) in [5, 5.41) is 11.0. The Morgan fingerprint density at radius 2 is 1.74 bits per heavy atom. The van der Waals surface area contributed by atoms with Gasteiger partial charge in [-0.25, -0.2) is 0 Å². The predicted octanol–water partition coefficient (Wildman–Crippen LogP) is 5.56. The lowest BCUT2D eigenvalue weighted by molar-refractivity contribution is 0.687. The van der Waals surface area contributed by atoms with Crippen LogP contribution in [0.3, 0.4) is 0 Å². The van der Waals surface area contributed by atoms with E-state index in [1.54, 1.807) is 11.8 Å². The SMILES string of the molecule is CCn1c(SCc2cccc(Cl)c2)nnc1-c1cccc(Cl)c1. The summed E-state index contributed by atoms with van der Waals surface area (Å²) in [5.41, 5.74) is 2.14. The molecular weight excluding hydrogens is 349 g/mol. The van der Waals surface area contributed by atoms with Gasteiger partial charge < -0.3 is 4.57 Å². The van der Waals surface area contributed by atoms with Crippen molar-refractivity contribution in [3.05, 3.63) is 64.1 Å². The van der Waals surface area contributed by atoms with E-state index in [-0.39, 0.29) is 0 Å². The third-order valence-corrected chi connectivity index (χ3v) is 4.88. The lowest BCUT2D eigenvalue weighted by Crippen LogP contribution is -1.99. The van der Waals surface area contributed by atoms with Gasteiger partial charge in [-0.05, 0) is 36.8 Å². The van der Waals surface area contributed by atoms with Gasteiger partial charge >= 0.3 is 0 Å². The van der Waals surface area contributed by atoms with E-state index in [2.05, 4.69) is 27.8 Å². The molecule has 3 aromatic rings. The molecule has 0 spiro atoms. The first-order valence-electron chi connectivity index (χ1n) is 7.23. The summed E-state index contributed by atoms with van der Waals surface area (Å²) in [7, 11) is 0. The van der Waals surface area contributed by atoms with E-state index < -0.39 is 0 Å². The number of rotatable bonds is 5. The average molecular weight is 364 g/mol. The minimum absolute atomic E-state index is 0.696. The summed E-state index contributed by atoms with van der Waals surface area (Å²) in [6.07, 6.45) is 0. The third kappa shape index (κ3) is 3.89. The Labute approximate surface area is 149 Å². The number of thioether (sulfide) groups is 1. The smallest absolute Gasteiger partial charge is 0.191 e. The fourth-order valence-electron chi connectivity index (χ4n) is 2.30. The Morgan fingerprint density at radius 3 is 2.43 bits per heavy atom. The van der Waals surface area contributed by atoms with Gasteiger partial charge in [0.05, 0.1) is 0 Å². The van der Waals surface area contributed by atoms with E-state index in [0.29, 0.717) is 5.02 Å². The van der Waals surface area contributed by atoms with Gasteiger partial charge in [0, 0.05) is 27.9 Å². The van der Waals surface area contributed by atoms with Crippen LogP contribution in [0.2, 0.25) is 10.0 Å². The zero-order valence-electron chi connectivity index (χ0n) is 12.5. The lowest BCUT2D eigenvalue weighted by Gasteiger charge is -2.07. The van der Waals surface area contributed by atoms with Crippen molar-refractivity contribution in [3.8, 4) is 11.4 Å². The van der Waals surface area contributed by atoms with Crippen LogP contribution in [0.5, 0.6) is 0 Å². The molecule has 0 atom stereocenters. The van der Waals surface area contributed by atoms with Crippen LogP contribution >= 0.6 is 35.0 Å². The van der Waals surface area contributed by atoms with Crippen molar-refractivity contribution in [2.24, 2.45) is 0 Å². The van der Waals surface area contributed by atoms with Crippen LogP contribution in [-0.4, -0.2) is 14.8 Å². The Balaban J connectivity index is 1.84. The van der Waals surface area contributed by atoms with E-state index in [1.165, 1.54) is 0 Å². The summed E-state index contributed by atoms with van der Waals surface area (Å²) in [5.74, 6) is 1.64. The van der Waals surface area contributed by atoms with Crippen LogP contribution in [-0.2, 0) is 12.3 Å². The second kappa shape index (κ2) is 7.39. The highest BCUT2D eigenvalue weighted by atomic mass is 35.5. The van der Waals surface area contributed by atoms with Gasteiger partial charge in [0.2, 0.25) is 0 Å². The number of hydrogen-bond acceptors (Lipinski definition) is 3. The Morgan fingerprint density at radius 1 is 1.00 bits per heavy atom. The number of halogens is 2. The number of benzene rings is 2. The van der Waals surface area contributed by atoms with E-state index in [9.17, 15) is 0 Å². The lowest BCUT2D eigenvalue weighted by atomic mass is 10.2. The molecule has 1 heterocycles. The van der Waals surface area contributed by atoms with Gasteiger partial charge in [0.1, 0.15) is 0 Å². The van der Waals surface area contributed by atoms with E-state index in [0.717, 1.165) is 39.4 Å². The first-order valence-corrected chi connectivity index (χ1v) is 8.98. The van der Waals surface area contributed by atoms with Crippen LogP contribution in [0, 0.1) is 0 Å². The molecule has 0 aliphatic heterocycles. The largest absolute Gasteiger partial charge is 0.302 e. The standard InChI is InChI=1S/C17H15Cl2N3S/c1-2-22-16(13-6-4-8-15(19)10-13)20-21-17(22)23-11-12-5-3-7-14(18)9-12/h3-10H,2,11H2,1H3. The quantitative estimate of drug-likeness (QED) is 0.555. The highest BCUT2D eigenvalue weighted by Gasteiger charge is 2.13. The van der Waals surface area contributed by atoms with Crippen molar-refractivity contribution in [1.82, 2.24) is 14.8 Å². The molecule has 3 rings (SSSR count). The van der Waals surface area contributed by atoms with Crippen LogP contribution in [0.1, 0.15) is 12.5 Å². The molecule has 0 N–H and O–H groups in total. The van der Waals surface area contributed by atoms with Gasteiger partial charge in [0.15, 0.2) is 11.0 Å². The van der Waals surface area contributed by atoms with Crippen LogP contribution in [0.15, 0.2) is 53.7 Å². The molecule has 0 amide bonds. The Hall–Kier alpha value is -1.49. The maximum Gasteiger partial charge on any atom is 0.191 e. The minimum Gasteiger partial charge on any atom is -0.302 e. The number of nitrogens with zero attached hydrogens (tertiary/aromatic N) is 3. The Bertz CT molecular complexity index is 817. The van der Waals surface area contributed by atoms with Gasteiger partial charge in [-0.2, -0.15) is 0 Å². The molecular formula is C17H15Cl2N3S. The van der Waals surface area contributed by atoms with Gasteiger partial charge in [0.25, 0.3) is 0 Å². The van der Waals surface area contributed by atoms with Crippen molar-refractivity contribution >= 4 is 35.0 Å². The van der Waals surface area contributed by atoms with Crippen molar-refractivity contribution in [2.75, 3.05) is 0 Å². The monoisotopic (exact) mass is 363 g/mol. The summed E-state index contributed by atoms with van der Waals surface area (Å²) in [6.45, 7) is 2.88. The summed E-state index contributed by atoms with van der Waals surface area (Å²) in [4.78, 5) is 0. The second-order valence-electron chi connectivity index (χ2n) is 4.98. The van der Waals surface area contributed by atoms with Crippen LogP contribution in [0.4, 0.5) is 0 Å². The highest BCUT2D eigenvalue weighted by molar-refractivity contribution is 7.98. The van der Waals surface area contributed by atoms with E-state index >= 15 is 0 Å². The zero-order chi connectivity index (χ0) is 16.2. The van der Waals surface area contributed by atoms with E-state index in [1.807, 2.05) is 42.5 Å². The maximum absolute atomic E-state index is 6.08. The molecule has 6 heteroatoms. The number of hydrogen-bond donors (Lipinski definition) is 0. The van der Waals surface area contributed by atoms with Gasteiger partial charge in [-0.15, -0.1) is 10.2 Å². The van der Waals surface area contributed by atoms with Crippen molar-refractivity contribution in [1.29, 1.82) is 0 Å². The molecule has 0 saturated heterocycles. The molecule has 0 aliphatic rings. The molecule has 23 heavy (non-hydrogen) atoms. The van der Waals surface area contributed by atoms with Crippen molar-refractivity contribution in [2.45, 2.75) is 24.4 Å². The molecule has 0 bridgehead atoms. The molecule has 3 nitrogen and oxygen atoms in total. The molecule has 0 fully saturated rings. The normalized spacial score (nSPS) is 10.9. The van der Waals surface area contributed by atoms with Gasteiger partial charge in [-0.3, -0.25) is 0 Å². The summed E-state index contributed by atoms with van der Waals surface area (Å²) >= 11 is 13.8. The Kier molecular flexibility index (Phi) is 5.26. The predicted molar refractivity (Wildman–Crippen MR) is 97.2 cm³/mol. The first-order chi connectivity index (χ1) is 11.2. The minimum atomic E-state index is 0.696. The molecule has 1 aromatic heterocycles. The molecule has 0 unspecified atom stereocenters. The average Bonchev–Trinajstić information content (AvgIpc) is 2.96. The zero-order valence-corrected chi connectivity index (χ0v) is 14.9. The molecule has 0 saturated carbocycles. The summed E-state index contributed by atoms with van der Waals surface area (Å²) in [6, 6.07) is 15.5. The molecule has 0 aliphatic carbocycles. The highest BCUT2D eigenvalue weighted by Crippen LogP contribution is 2.28. The van der Waals surface area contributed by atoms with Crippen molar-refractivity contribution < 1.29 is 0 Å². The first kappa shape index (κ1) is 16.4. The maximum atomic E-state index is 6.08. The molecule has 2 aromatic carbocycles.